The molecule has 0 unspecified atom stereocenters. The molecule has 2 aromatic rings. The van der Waals surface area contributed by atoms with Crippen molar-refractivity contribution in [2.75, 3.05) is 0 Å². The normalized spacial score (nSPS) is 13.8. The number of thioether (sulfide) groups is 1. The third-order valence-electron chi connectivity index (χ3n) is 3.98. The van der Waals surface area contributed by atoms with Gasteiger partial charge in [-0.3, -0.25) is 0 Å². The van der Waals surface area contributed by atoms with Crippen molar-refractivity contribution >= 4 is 29.5 Å². The first-order chi connectivity index (χ1) is 13.1. The molecule has 6 nitrogen and oxygen atoms in total. The van der Waals surface area contributed by atoms with E-state index in [1.54, 1.807) is 32.9 Å². The topological polar surface area (TPSA) is 77.2 Å². The monoisotopic (exact) mass is 429 g/mol. The summed E-state index contributed by atoms with van der Waals surface area (Å²) < 4.78 is 24.9. The molecule has 1 aromatic carbocycles. The first kappa shape index (κ1) is 22.5. The van der Waals surface area contributed by atoms with Gasteiger partial charge in [0.25, 0.3) is 5.22 Å². The zero-order valence-electron chi connectivity index (χ0n) is 16.6. The van der Waals surface area contributed by atoms with Crippen molar-refractivity contribution < 1.29 is 18.3 Å². The molecule has 1 N–H and O–H groups in total. The average molecular weight is 430 g/mol. The number of alkyl carbamates (subject to hydrolysis) is 1. The molecule has 28 heavy (non-hydrogen) atoms. The Morgan fingerprint density at radius 1 is 1.39 bits per heavy atom. The number of nitrogens with one attached hydrogen (secondary N) is 1. The number of nitrogens with zero attached hydrogens (tertiary/aromatic N) is 2. The van der Waals surface area contributed by atoms with Crippen molar-refractivity contribution in [3.8, 4) is 0 Å². The van der Waals surface area contributed by atoms with E-state index in [4.69, 9.17) is 20.8 Å². The van der Waals surface area contributed by atoms with Crippen LogP contribution < -0.4 is 5.32 Å². The lowest BCUT2D eigenvalue weighted by atomic mass is 9.99. The van der Waals surface area contributed by atoms with Gasteiger partial charge in [-0.1, -0.05) is 49.7 Å². The fourth-order valence-electron chi connectivity index (χ4n) is 2.33. The summed E-state index contributed by atoms with van der Waals surface area (Å²) in [5.74, 6) is 0.193. The number of ether oxygens (including phenoxy) is 1. The zero-order chi connectivity index (χ0) is 20.9. The molecular weight excluding hydrogens is 405 g/mol. The van der Waals surface area contributed by atoms with Crippen molar-refractivity contribution in [1.29, 1.82) is 0 Å². The Bertz CT molecular complexity index is 790. The van der Waals surface area contributed by atoms with Gasteiger partial charge in [0, 0.05) is 16.3 Å². The predicted octanol–water partition coefficient (Wildman–Crippen LogP) is 5.77. The standard InChI is InChI=1S/C19H25ClFN3O3S/c1-6-11(2)15(22-17(25)27-19(3,4)5)16-23-24-18(26-16)28-10-12-13(20)8-7-9-14(12)21/h7-9,11,15H,6,10H2,1-5H3,(H,22,25)/t11-,15+/m0/s1. The van der Waals surface area contributed by atoms with Crippen LogP contribution in [0.4, 0.5) is 9.18 Å². The van der Waals surface area contributed by atoms with Crippen molar-refractivity contribution in [3.05, 3.63) is 40.5 Å². The molecule has 1 heterocycles. The summed E-state index contributed by atoms with van der Waals surface area (Å²) >= 11 is 7.22. The quantitative estimate of drug-likeness (QED) is 0.563. The van der Waals surface area contributed by atoms with Gasteiger partial charge in [0.05, 0.1) is 0 Å². The highest BCUT2D eigenvalue weighted by Gasteiger charge is 2.28. The van der Waals surface area contributed by atoms with Crippen LogP contribution in [0.15, 0.2) is 27.8 Å². The summed E-state index contributed by atoms with van der Waals surface area (Å²) in [6.45, 7) is 9.35. The van der Waals surface area contributed by atoms with Crippen molar-refractivity contribution in [3.63, 3.8) is 0 Å². The molecule has 1 aromatic heterocycles. The summed E-state index contributed by atoms with van der Waals surface area (Å²) in [7, 11) is 0. The van der Waals surface area contributed by atoms with E-state index >= 15 is 0 Å². The number of carbonyl (C=O) groups is 1. The van der Waals surface area contributed by atoms with E-state index in [0.717, 1.165) is 6.42 Å². The average Bonchev–Trinajstić information content (AvgIpc) is 3.05. The zero-order valence-corrected chi connectivity index (χ0v) is 18.2. The number of benzene rings is 1. The van der Waals surface area contributed by atoms with Crippen LogP contribution >= 0.6 is 23.4 Å². The second-order valence-corrected chi connectivity index (χ2v) is 8.74. The molecule has 0 spiro atoms. The lowest BCUT2D eigenvalue weighted by Crippen LogP contribution is -2.37. The number of carbonyl (C=O) groups excluding carboxylic acids is 1. The van der Waals surface area contributed by atoms with Gasteiger partial charge < -0.3 is 14.5 Å². The summed E-state index contributed by atoms with van der Waals surface area (Å²) in [5.41, 5.74) is -0.238. The van der Waals surface area contributed by atoms with E-state index in [-0.39, 0.29) is 28.6 Å². The largest absolute Gasteiger partial charge is 0.444 e. The van der Waals surface area contributed by atoms with E-state index in [0.29, 0.717) is 10.6 Å². The predicted molar refractivity (Wildman–Crippen MR) is 107 cm³/mol. The molecule has 0 radical (unpaired) electrons. The molecule has 0 aliphatic carbocycles. The van der Waals surface area contributed by atoms with Gasteiger partial charge in [-0.15, -0.1) is 10.2 Å². The van der Waals surface area contributed by atoms with Crippen LogP contribution in [0.2, 0.25) is 5.02 Å². The van der Waals surface area contributed by atoms with Crippen LogP contribution in [0.3, 0.4) is 0 Å². The molecule has 2 atom stereocenters. The Labute approximate surface area is 173 Å². The fourth-order valence-corrected chi connectivity index (χ4v) is 3.44. The number of rotatable bonds is 7. The first-order valence-corrected chi connectivity index (χ1v) is 10.4. The number of hydrogen-bond donors (Lipinski definition) is 1. The minimum Gasteiger partial charge on any atom is -0.444 e. The van der Waals surface area contributed by atoms with E-state index < -0.39 is 17.7 Å². The van der Waals surface area contributed by atoms with E-state index in [1.807, 2.05) is 13.8 Å². The molecule has 0 saturated heterocycles. The second kappa shape index (κ2) is 9.60. The third-order valence-corrected chi connectivity index (χ3v) is 5.17. The lowest BCUT2D eigenvalue weighted by molar-refractivity contribution is 0.0473. The molecule has 0 fully saturated rings. The Kier molecular flexibility index (Phi) is 7.71. The Morgan fingerprint density at radius 2 is 2.11 bits per heavy atom. The van der Waals surface area contributed by atoms with E-state index in [1.165, 1.54) is 17.8 Å². The summed E-state index contributed by atoms with van der Waals surface area (Å²) in [6, 6.07) is 4.04. The molecule has 0 bridgehead atoms. The van der Waals surface area contributed by atoms with Crippen molar-refractivity contribution in [2.24, 2.45) is 5.92 Å². The molecule has 154 valence electrons. The highest BCUT2D eigenvalue weighted by molar-refractivity contribution is 7.98. The van der Waals surface area contributed by atoms with Gasteiger partial charge in [-0.25, -0.2) is 9.18 Å². The van der Waals surface area contributed by atoms with Gasteiger partial charge in [0.1, 0.15) is 17.5 Å². The number of aromatic nitrogens is 2. The minimum atomic E-state index is -0.612. The van der Waals surface area contributed by atoms with Crippen LogP contribution in [-0.2, 0) is 10.5 Å². The molecule has 0 aliphatic rings. The Balaban J connectivity index is 2.10. The molecule has 1 amide bonds. The molecule has 9 heteroatoms. The van der Waals surface area contributed by atoms with Crippen LogP contribution in [0.5, 0.6) is 0 Å². The highest BCUT2D eigenvalue weighted by Crippen LogP contribution is 2.30. The van der Waals surface area contributed by atoms with Crippen molar-refractivity contribution in [2.45, 2.75) is 63.7 Å². The maximum Gasteiger partial charge on any atom is 0.408 e. The van der Waals surface area contributed by atoms with Crippen molar-refractivity contribution in [1.82, 2.24) is 15.5 Å². The van der Waals surface area contributed by atoms with E-state index in [2.05, 4.69) is 15.5 Å². The second-order valence-electron chi connectivity index (χ2n) is 7.40. The Hall–Kier alpha value is -1.80. The van der Waals surface area contributed by atoms with E-state index in [9.17, 15) is 9.18 Å². The highest BCUT2D eigenvalue weighted by atomic mass is 35.5. The summed E-state index contributed by atoms with van der Waals surface area (Å²) in [6.07, 6.45) is 0.235. The summed E-state index contributed by atoms with van der Waals surface area (Å²) in [4.78, 5) is 12.2. The van der Waals surface area contributed by atoms with Crippen LogP contribution in [0.25, 0.3) is 0 Å². The Morgan fingerprint density at radius 3 is 2.71 bits per heavy atom. The van der Waals surface area contributed by atoms with Gasteiger partial charge in [-0.05, 0) is 38.8 Å². The van der Waals surface area contributed by atoms with Gasteiger partial charge in [-0.2, -0.15) is 0 Å². The first-order valence-electron chi connectivity index (χ1n) is 8.99. The van der Waals surface area contributed by atoms with Gasteiger partial charge in [0.15, 0.2) is 0 Å². The SMILES string of the molecule is CC[C@H](C)[C@@H](NC(=O)OC(C)(C)C)c1nnc(SCc2c(F)cccc2Cl)o1. The maximum atomic E-state index is 13.9. The summed E-state index contributed by atoms with van der Waals surface area (Å²) in [5, 5.41) is 11.5. The number of amides is 1. The smallest absolute Gasteiger partial charge is 0.408 e. The molecule has 2 rings (SSSR count). The van der Waals surface area contributed by atoms with Gasteiger partial charge >= 0.3 is 6.09 Å². The van der Waals surface area contributed by atoms with Crippen LogP contribution in [0.1, 0.15) is 58.5 Å². The number of hydrogen-bond acceptors (Lipinski definition) is 6. The number of halogens is 2. The maximum absolute atomic E-state index is 13.9. The molecule has 0 aliphatic heterocycles. The van der Waals surface area contributed by atoms with Crippen LogP contribution in [-0.4, -0.2) is 21.9 Å². The molecule has 0 saturated carbocycles. The van der Waals surface area contributed by atoms with Gasteiger partial charge in [0.2, 0.25) is 5.89 Å². The lowest BCUT2D eigenvalue weighted by Gasteiger charge is -2.24. The van der Waals surface area contributed by atoms with Crippen LogP contribution in [0, 0.1) is 11.7 Å². The molecular formula is C19H25ClFN3O3S. The minimum absolute atomic E-state index is 0.0480. The third kappa shape index (κ3) is 6.38. The fraction of sp³-hybridized carbons (Fsp3) is 0.526.